The number of ether oxygens (including phenoxy) is 1. The van der Waals surface area contributed by atoms with Crippen molar-refractivity contribution in [1.29, 1.82) is 0 Å². The second kappa shape index (κ2) is 5.42. The summed E-state index contributed by atoms with van der Waals surface area (Å²) in [6.07, 6.45) is 1.96. The van der Waals surface area contributed by atoms with Crippen LogP contribution >= 0.6 is 27.5 Å². The minimum Gasteiger partial charge on any atom is -0.377 e. The highest BCUT2D eigenvalue weighted by Gasteiger charge is 2.30. The normalized spacial score (nSPS) is 24.4. The van der Waals surface area contributed by atoms with Crippen LogP contribution in [0.15, 0.2) is 21.6 Å². The summed E-state index contributed by atoms with van der Waals surface area (Å²) >= 11 is 9.00. The molecular weight excluding hydrogens is 344 g/mol. The average Bonchev–Trinajstić information content (AvgIpc) is 2.67. The molecule has 5 nitrogen and oxygen atoms in total. The molecule has 1 fully saturated rings. The first-order chi connectivity index (χ1) is 8.40. The van der Waals surface area contributed by atoms with Gasteiger partial charge in [0.1, 0.15) is 10.0 Å². The highest BCUT2D eigenvalue weighted by Crippen LogP contribution is 2.24. The first-order valence-electron chi connectivity index (χ1n) is 5.35. The summed E-state index contributed by atoms with van der Waals surface area (Å²) in [5.41, 5.74) is 0. The number of aromatic nitrogens is 1. The largest absolute Gasteiger partial charge is 0.377 e. The Morgan fingerprint density at radius 2 is 2.33 bits per heavy atom. The SMILES string of the molecule is CC1OCCC1NS(=O)(=O)c1cc(Br)cnc1Cl. The lowest BCUT2D eigenvalue weighted by Gasteiger charge is -2.16. The van der Waals surface area contributed by atoms with E-state index in [0.29, 0.717) is 17.5 Å². The van der Waals surface area contributed by atoms with Gasteiger partial charge in [0.15, 0.2) is 0 Å². The molecule has 1 aliphatic heterocycles. The molecule has 0 radical (unpaired) electrons. The van der Waals surface area contributed by atoms with E-state index >= 15 is 0 Å². The van der Waals surface area contributed by atoms with Crippen molar-refractivity contribution in [2.75, 3.05) is 6.61 Å². The monoisotopic (exact) mass is 354 g/mol. The smallest absolute Gasteiger partial charge is 0.244 e. The number of nitrogens with one attached hydrogen (secondary N) is 1. The van der Waals surface area contributed by atoms with Gasteiger partial charge in [0.05, 0.1) is 12.1 Å². The molecular formula is C10H12BrClN2O3S. The molecule has 2 atom stereocenters. The van der Waals surface area contributed by atoms with E-state index in [-0.39, 0.29) is 22.2 Å². The maximum atomic E-state index is 12.2. The molecule has 100 valence electrons. The molecule has 1 N–H and O–H groups in total. The molecule has 18 heavy (non-hydrogen) atoms. The molecule has 1 aliphatic rings. The summed E-state index contributed by atoms with van der Waals surface area (Å²) in [7, 11) is -3.68. The van der Waals surface area contributed by atoms with Gasteiger partial charge in [-0.05, 0) is 35.3 Å². The lowest BCUT2D eigenvalue weighted by molar-refractivity contribution is 0.117. The van der Waals surface area contributed by atoms with Crippen LogP contribution in [0.1, 0.15) is 13.3 Å². The standard InChI is InChI=1S/C10H12BrClN2O3S/c1-6-8(2-3-17-6)14-18(15,16)9-4-7(11)5-13-10(9)12/h4-6,8,14H,2-3H2,1H3. The Morgan fingerprint density at radius 1 is 1.61 bits per heavy atom. The third-order valence-corrected chi connectivity index (χ3v) is 5.10. The van der Waals surface area contributed by atoms with Crippen molar-refractivity contribution >= 4 is 37.6 Å². The number of sulfonamides is 1. The predicted molar refractivity (Wildman–Crippen MR) is 71.1 cm³/mol. The molecule has 2 unspecified atom stereocenters. The van der Waals surface area contributed by atoms with Crippen molar-refractivity contribution in [3.8, 4) is 0 Å². The average molecular weight is 356 g/mol. The van der Waals surface area contributed by atoms with Gasteiger partial charge in [0.25, 0.3) is 0 Å². The zero-order valence-corrected chi connectivity index (χ0v) is 12.7. The molecule has 1 aromatic heterocycles. The molecule has 1 saturated heterocycles. The molecule has 0 spiro atoms. The maximum absolute atomic E-state index is 12.2. The lowest BCUT2D eigenvalue weighted by Crippen LogP contribution is -2.39. The van der Waals surface area contributed by atoms with Crippen molar-refractivity contribution in [2.24, 2.45) is 0 Å². The first-order valence-corrected chi connectivity index (χ1v) is 8.00. The zero-order valence-electron chi connectivity index (χ0n) is 9.56. The Morgan fingerprint density at radius 3 is 2.94 bits per heavy atom. The summed E-state index contributed by atoms with van der Waals surface area (Å²) < 4.78 is 32.9. The van der Waals surface area contributed by atoms with Crippen molar-refractivity contribution in [1.82, 2.24) is 9.71 Å². The summed E-state index contributed by atoms with van der Waals surface area (Å²) in [4.78, 5) is 3.78. The zero-order chi connectivity index (χ0) is 13.3. The van der Waals surface area contributed by atoms with Gasteiger partial charge in [-0.25, -0.2) is 18.1 Å². The van der Waals surface area contributed by atoms with E-state index in [9.17, 15) is 8.42 Å². The van der Waals surface area contributed by atoms with E-state index in [4.69, 9.17) is 16.3 Å². The quantitative estimate of drug-likeness (QED) is 0.842. The Labute approximate surface area is 119 Å². The van der Waals surface area contributed by atoms with E-state index in [2.05, 4.69) is 25.6 Å². The van der Waals surface area contributed by atoms with E-state index < -0.39 is 10.0 Å². The molecule has 1 aromatic rings. The lowest BCUT2D eigenvalue weighted by atomic mass is 10.2. The van der Waals surface area contributed by atoms with Crippen LogP contribution in [-0.2, 0) is 14.8 Å². The molecule has 0 amide bonds. The molecule has 0 aliphatic carbocycles. The fourth-order valence-electron chi connectivity index (χ4n) is 1.74. The summed E-state index contributed by atoms with van der Waals surface area (Å²) in [5.74, 6) is 0. The van der Waals surface area contributed by atoms with Crippen LogP contribution in [0.4, 0.5) is 0 Å². The van der Waals surface area contributed by atoms with Crippen LogP contribution in [0, 0.1) is 0 Å². The van der Waals surface area contributed by atoms with Gasteiger partial charge in [-0.2, -0.15) is 0 Å². The fraction of sp³-hybridized carbons (Fsp3) is 0.500. The van der Waals surface area contributed by atoms with Crippen molar-refractivity contribution in [3.05, 3.63) is 21.9 Å². The summed E-state index contributed by atoms with van der Waals surface area (Å²) in [6.45, 7) is 2.39. The number of hydrogen-bond donors (Lipinski definition) is 1. The summed E-state index contributed by atoms with van der Waals surface area (Å²) in [5, 5.41) is -0.0442. The van der Waals surface area contributed by atoms with Crippen LogP contribution in [0.3, 0.4) is 0 Å². The van der Waals surface area contributed by atoms with Crippen molar-refractivity contribution < 1.29 is 13.2 Å². The Kier molecular flexibility index (Phi) is 4.28. The Hall–Kier alpha value is -0.210. The highest BCUT2D eigenvalue weighted by atomic mass is 79.9. The van der Waals surface area contributed by atoms with E-state index in [1.807, 2.05) is 6.92 Å². The van der Waals surface area contributed by atoms with Crippen LogP contribution in [-0.4, -0.2) is 32.2 Å². The fourth-order valence-corrected chi connectivity index (χ4v) is 4.02. The molecule has 0 saturated carbocycles. The number of rotatable bonds is 3. The van der Waals surface area contributed by atoms with E-state index in [1.54, 1.807) is 0 Å². The first kappa shape index (κ1) is 14.2. The number of halogens is 2. The van der Waals surface area contributed by atoms with Gasteiger partial charge in [0, 0.05) is 17.3 Å². The van der Waals surface area contributed by atoms with Crippen LogP contribution in [0.2, 0.25) is 5.15 Å². The van der Waals surface area contributed by atoms with Gasteiger partial charge >= 0.3 is 0 Å². The molecule has 2 rings (SSSR count). The minimum atomic E-state index is -3.68. The molecule has 8 heteroatoms. The molecule has 0 bridgehead atoms. The summed E-state index contributed by atoms with van der Waals surface area (Å²) in [6, 6.07) is 1.20. The molecule has 2 heterocycles. The van der Waals surface area contributed by atoms with Crippen molar-refractivity contribution in [2.45, 2.75) is 30.4 Å². The van der Waals surface area contributed by atoms with Gasteiger partial charge in [-0.15, -0.1) is 0 Å². The third-order valence-electron chi connectivity index (χ3n) is 2.75. The molecule has 0 aromatic carbocycles. The van der Waals surface area contributed by atoms with Crippen molar-refractivity contribution in [3.63, 3.8) is 0 Å². The topological polar surface area (TPSA) is 68.3 Å². The number of pyridine rings is 1. The van der Waals surface area contributed by atoms with Crippen LogP contribution in [0.25, 0.3) is 0 Å². The Balaban J connectivity index is 2.28. The van der Waals surface area contributed by atoms with Crippen LogP contribution in [0.5, 0.6) is 0 Å². The van der Waals surface area contributed by atoms with Gasteiger partial charge in [-0.3, -0.25) is 0 Å². The van der Waals surface area contributed by atoms with E-state index in [0.717, 1.165) is 0 Å². The minimum absolute atomic E-state index is 0.0300. The van der Waals surface area contributed by atoms with Crippen LogP contribution < -0.4 is 4.72 Å². The number of nitrogens with zero attached hydrogens (tertiary/aromatic N) is 1. The highest BCUT2D eigenvalue weighted by molar-refractivity contribution is 9.10. The van der Waals surface area contributed by atoms with E-state index in [1.165, 1.54) is 12.3 Å². The second-order valence-electron chi connectivity index (χ2n) is 4.03. The Bertz CT molecular complexity index is 552. The van der Waals surface area contributed by atoms with Gasteiger partial charge in [0.2, 0.25) is 10.0 Å². The maximum Gasteiger partial charge on any atom is 0.244 e. The number of hydrogen-bond acceptors (Lipinski definition) is 4. The van der Waals surface area contributed by atoms with Gasteiger partial charge < -0.3 is 4.74 Å². The second-order valence-corrected chi connectivity index (χ2v) is 6.99. The predicted octanol–water partition coefficient (Wildman–Crippen LogP) is 1.95. The third kappa shape index (κ3) is 3.03. The van der Waals surface area contributed by atoms with Gasteiger partial charge in [-0.1, -0.05) is 11.6 Å².